The Balaban J connectivity index is 2.18. The SMILES string of the molecule is CC1=C2CC(=O)C[C@@]2(C)[C@@]2(C)CCC[C@@H]12. The number of allylic oxidation sites excluding steroid dienone is 2. The summed E-state index contributed by atoms with van der Waals surface area (Å²) in [6, 6.07) is 0. The third kappa shape index (κ3) is 0.885. The zero-order valence-corrected chi connectivity index (χ0v) is 10.0. The second-order valence-corrected chi connectivity index (χ2v) is 6.25. The fourth-order valence-electron chi connectivity index (χ4n) is 4.81. The summed E-state index contributed by atoms with van der Waals surface area (Å²) in [5.74, 6) is 1.25. The van der Waals surface area contributed by atoms with Crippen molar-refractivity contribution in [3.63, 3.8) is 0 Å². The van der Waals surface area contributed by atoms with Gasteiger partial charge in [-0.25, -0.2) is 0 Å². The average Bonchev–Trinajstić information content (AvgIpc) is 2.71. The van der Waals surface area contributed by atoms with Crippen LogP contribution in [0.3, 0.4) is 0 Å². The summed E-state index contributed by atoms with van der Waals surface area (Å²) in [6.45, 7) is 7.06. The van der Waals surface area contributed by atoms with Gasteiger partial charge in [0.05, 0.1) is 0 Å². The first-order valence-corrected chi connectivity index (χ1v) is 6.21. The van der Waals surface area contributed by atoms with Crippen LogP contribution in [0.5, 0.6) is 0 Å². The molecule has 0 amide bonds. The number of ketones is 1. The van der Waals surface area contributed by atoms with Crippen LogP contribution in [0.4, 0.5) is 0 Å². The molecule has 0 N–H and O–H groups in total. The Labute approximate surface area is 91.9 Å². The Morgan fingerprint density at radius 1 is 1.33 bits per heavy atom. The smallest absolute Gasteiger partial charge is 0.137 e. The average molecular weight is 204 g/mol. The van der Waals surface area contributed by atoms with Crippen LogP contribution in [0.15, 0.2) is 11.1 Å². The van der Waals surface area contributed by atoms with Crippen molar-refractivity contribution in [1.82, 2.24) is 0 Å². The number of hydrogen-bond acceptors (Lipinski definition) is 1. The molecule has 0 spiro atoms. The third-order valence-electron chi connectivity index (χ3n) is 5.81. The summed E-state index contributed by atoms with van der Waals surface area (Å²) in [7, 11) is 0. The Kier molecular flexibility index (Phi) is 1.64. The Hall–Kier alpha value is -0.590. The van der Waals surface area contributed by atoms with E-state index in [2.05, 4.69) is 20.8 Å². The van der Waals surface area contributed by atoms with Crippen molar-refractivity contribution in [2.45, 2.75) is 52.9 Å². The molecule has 0 aromatic carbocycles. The second-order valence-electron chi connectivity index (χ2n) is 6.25. The molecule has 0 aromatic heterocycles. The van der Waals surface area contributed by atoms with Crippen molar-refractivity contribution in [2.24, 2.45) is 16.7 Å². The maximum atomic E-state index is 11.7. The molecule has 0 radical (unpaired) electrons. The van der Waals surface area contributed by atoms with Crippen molar-refractivity contribution in [3.05, 3.63) is 11.1 Å². The number of carbonyl (C=O) groups is 1. The lowest BCUT2D eigenvalue weighted by molar-refractivity contribution is -0.118. The lowest BCUT2D eigenvalue weighted by atomic mass is 9.63. The van der Waals surface area contributed by atoms with Crippen LogP contribution in [0, 0.1) is 16.7 Å². The van der Waals surface area contributed by atoms with Crippen LogP contribution < -0.4 is 0 Å². The van der Waals surface area contributed by atoms with E-state index in [1.807, 2.05) is 0 Å². The van der Waals surface area contributed by atoms with Crippen LogP contribution in [0.25, 0.3) is 0 Å². The molecule has 82 valence electrons. The highest BCUT2D eigenvalue weighted by Crippen LogP contribution is 2.69. The molecule has 3 rings (SSSR count). The highest BCUT2D eigenvalue weighted by Gasteiger charge is 2.61. The van der Waals surface area contributed by atoms with Crippen molar-refractivity contribution in [1.29, 1.82) is 0 Å². The van der Waals surface area contributed by atoms with E-state index in [1.54, 1.807) is 5.57 Å². The predicted molar refractivity (Wildman–Crippen MR) is 60.5 cm³/mol. The zero-order chi connectivity index (χ0) is 10.8. The minimum Gasteiger partial charge on any atom is -0.299 e. The summed E-state index contributed by atoms with van der Waals surface area (Å²) in [5.41, 5.74) is 3.71. The maximum Gasteiger partial charge on any atom is 0.137 e. The number of fused-ring (bicyclic) bond motifs is 3. The van der Waals surface area contributed by atoms with Gasteiger partial charge in [-0.1, -0.05) is 31.4 Å². The van der Waals surface area contributed by atoms with Gasteiger partial charge >= 0.3 is 0 Å². The fraction of sp³-hybridized carbons (Fsp3) is 0.786. The summed E-state index contributed by atoms with van der Waals surface area (Å²) in [4.78, 5) is 11.7. The number of hydrogen-bond donors (Lipinski definition) is 0. The molecular weight excluding hydrogens is 184 g/mol. The molecule has 0 aliphatic heterocycles. The highest BCUT2D eigenvalue weighted by atomic mass is 16.1. The summed E-state index contributed by atoms with van der Waals surface area (Å²) >= 11 is 0. The lowest BCUT2D eigenvalue weighted by Gasteiger charge is -2.40. The van der Waals surface area contributed by atoms with Crippen molar-refractivity contribution < 1.29 is 4.79 Å². The Morgan fingerprint density at radius 3 is 2.80 bits per heavy atom. The quantitative estimate of drug-likeness (QED) is 0.552. The summed E-state index contributed by atoms with van der Waals surface area (Å²) in [5, 5.41) is 0. The Bertz CT molecular complexity index is 379. The predicted octanol–water partition coefficient (Wildman–Crippen LogP) is 3.49. The first-order valence-electron chi connectivity index (χ1n) is 6.21. The summed E-state index contributed by atoms with van der Waals surface area (Å²) < 4.78 is 0. The minimum absolute atomic E-state index is 0.218. The molecule has 0 unspecified atom stereocenters. The molecular formula is C14H20O. The van der Waals surface area contributed by atoms with Gasteiger partial charge in [-0.15, -0.1) is 0 Å². The van der Waals surface area contributed by atoms with E-state index in [0.717, 1.165) is 18.8 Å². The molecule has 3 aliphatic rings. The van der Waals surface area contributed by atoms with Gasteiger partial charge in [0.2, 0.25) is 0 Å². The van der Waals surface area contributed by atoms with E-state index in [-0.39, 0.29) is 5.41 Å². The van der Waals surface area contributed by atoms with E-state index in [1.165, 1.54) is 24.8 Å². The van der Waals surface area contributed by atoms with Crippen molar-refractivity contribution >= 4 is 5.78 Å². The zero-order valence-electron chi connectivity index (χ0n) is 10.0. The Morgan fingerprint density at radius 2 is 2.07 bits per heavy atom. The minimum atomic E-state index is 0.218. The van der Waals surface area contributed by atoms with Crippen molar-refractivity contribution in [3.8, 4) is 0 Å². The number of Topliss-reactive ketones (excluding diaryl/α,β-unsaturated/α-hetero) is 1. The first kappa shape index (κ1) is 9.62. The lowest BCUT2D eigenvalue weighted by Crippen LogP contribution is -2.35. The van der Waals surface area contributed by atoms with Gasteiger partial charge in [0, 0.05) is 18.3 Å². The maximum absolute atomic E-state index is 11.7. The normalized spacial score (nSPS) is 48.7. The molecule has 0 heterocycles. The van der Waals surface area contributed by atoms with Crippen molar-refractivity contribution in [2.75, 3.05) is 0 Å². The topological polar surface area (TPSA) is 17.1 Å². The van der Waals surface area contributed by atoms with Crippen LogP contribution in [0.1, 0.15) is 52.9 Å². The van der Waals surface area contributed by atoms with Gasteiger partial charge in [-0.05, 0) is 31.1 Å². The van der Waals surface area contributed by atoms with Gasteiger partial charge in [0.15, 0.2) is 0 Å². The molecule has 2 saturated carbocycles. The molecule has 1 heteroatoms. The second kappa shape index (κ2) is 2.56. The van der Waals surface area contributed by atoms with Crippen LogP contribution in [-0.2, 0) is 4.79 Å². The molecule has 1 nitrogen and oxygen atoms in total. The van der Waals surface area contributed by atoms with Crippen LogP contribution in [-0.4, -0.2) is 5.78 Å². The van der Waals surface area contributed by atoms with E-state index in [9.17, 15) is 4.79 Å². The number of carbonyl (C=O) groups excluding carboxylic acids is 1. The largest absolute Gasteiger partial charge is 0.299 e. The molecule has 0 aromatic rings. The van der Waals surface area contributed by atoms with E-state index in [0.29, 0.717) is 11.2 Å². The van der Waals surface area contributed by atoms with E-state index in [4.69, 9.17) is 0 Å². The molecule has 0 bridgehead atoms. The van der Waals surface area contributed by atoms with Gasteiger partial charge < -0.3 is 0 Å². The number of rotatable bonds is 0. The highest BCUT2D eigenvalue weighted by molar-refractivity contribution is 5.87. The molecule has 3 aliphatic carbocycles. The first-order chi connectivity index (χ1) is 6.99. The fourth-order valence-corrected chi connectivity index (χ4v) is 4.81. The standard InChI is InChI=1S/C14H20O/c1-9-11-5-4-6-13(11,2)14(3)8-10(15)7-12(9)14/h11H,4-8H2,1-3H3/t11-,13-,14+/m0/s1. The van der Waals surface area contributed by atoms with Crippen LogP contribution in [0.2, 0.25) is 0 Å². The molecule has 2 fully saturated rings. The van der Waals surface area contributed by atoms with E-state index < -0.39 is 0 Å². The monoisotopic (exact) mass is 204 g/mol. The van der Waals surface area contributed by atoms with Gasteiger partial charge in [0.25, 0.3) is 0 Å². The molecule has 15 heavy (non-hydrogen) atoms. The van der Waals surface area contributed by atoms with Gasteiger partial charge in [-0.2, -0.15) is 0 Å². The van der Waals surface area contributed by atoms with E-state index >= 15 is 0 Å². The third-order valence-corrected chi connectivity index (χ3v) is 5.81. The molecule has 0 saturated heterocycles. The van der Waals surface area contributed by atoms with Gasteiger partial charge in [0.1, 0.15) is 5.78 Å². The van der Waals surface area contributed by atoms with Gasteiger partial charge in [-0.3, -0.25) is 4.79 Å². The van der Waals surface area contributed by atoms with Crippen LogP contribution >= 0.6 is 0 Å². The molecule has 3 atom stereocenters. The summed E-state index contributed by atoms with van der Waals surface area (Å²) in [6.07, 6.45) is 5.61.